The minimum absolute atomic E-state index is 0. The van der Waals surface area contributed by atoms with Crippen LogP contribution in [0.25, 0.3) is 10.9 Å². The van der Waals surface area contributed by atoms with Crippen molar-refractivity contribution in [3.05, 3.63) is 81.0 Å². The Labute approximate surface area is 393 Å². The summed E-state index contributed by atoms with van der Waals surface area (Å²) in [6.07, 6.45) is -0.0915. The molecule has 0 saturated carbocycles. The number of benzene rings is 2. The third-order valence-corrected chi connectivity index (χ3v) is 10.9. The second kappa shape index (κ2) is 20.6. The van der Waals surface area contributed by atoms with Crippen LogP contribution in [-0.2, 0) is 42.2 Å². The number of β-lactam (4-membered cyclic amide) rings is 1. The maximum Gasteiger partial charge on any atom is 1.00 e. The fraction of sp³-hybridized carbons (Fsp3) is 0.361. The molecule has 0 spiro atoms. The Morgan fingerprint density at radius 3 is 2.36 bits per heavy atom. The number of carboxylic acid groups (broad SMARTS) is 3. The first-order valence-electron chi connectivity index (χ1n) is 17.8. The Hall–Kier alpha value is -4.43. The van der Waals surface area contributed by atoms with Crippen molar-refractivity contribution in [3.63, 3.8) is 0 Å². The summed E-state index contributed by atoms with van der Waals surface area (Å²) in [6, 6.07) is 7.57. The number of aromatic carboxylic acids is 1. The minimum atomic E-state index is -2.20. The average Bonchev–Trinajstić information content (AvgIpc) is 3.63. The summed E-state index contributed by atoms with van der Waals surface area (Å²) in [5, 5.41) is 59.1. The number of tetrazole rings is 1. The minimum Gasteiger partial charge on any atom is -0.549 e. The predicted octanol–water partition coefficient (Wildman–Crippen LogP) is -8.52. The second-order valence-corrected chi connectivity index (χ2v) is 14.2. The van der Waals surface area contributed by atoms with Crippen LogP contribution in [0.15, 0.2) is 63.8 Å². The Morgan fingerprint density at radius 1 is 1.13 bits per heavy atom. The molecule has 61 heavy (non-hydrogen) atoms. The number of rotatable bonds is 12. The number of carbonyl (C=O) groups excluding carboxylic acids is 4. The van der Waals surface area contributed by atoms with Gasteiger partial charge in [0.15, 0.2) is 6.23 Å². The zero-order valence-electron chi connectivity index (χ0n) is 33.5. The topological polar surface area (TPSA) is 287 Å². The molecule has 0 aliphatic carbocycles. The molecule has 0 radical (unpaired) electrons. The van der Waals surface area contributed by atoms with E-state index in [1.165, 1.54) is 35.1 Å². The van der Waals surface area contributed by atoms with Crippen LogP contribution in [0, 0.1) is 5.82 Å². The van der Waals surface area contributed by atoms with Crippen LogP contribution in [0.1, 0.15) is 28.8 Å². The summed E-state index contributed by atoms with van der Waals surface area (Å²) >= 11 is 1.10. The molecule has 1 unspecified atom stereocenters. The number of aryl methyl sites for hydroxylation is 2. The van der Waals surface area contributed by atoms with Gasteiger partial charge in [0.05, 0.1) is 35.4 Å². The Balaban J connectivity index is 0.000000284. The number of carboxylic acids is 3. The van der Waals surface area contributed by atoms with E-state index >= 15 is 0 Å². The van der Waals surface area contributed by atoms with Crippen LogP contribution < -0.4 is 90.3 Å². The van der Waals surface area contributed by atoms with Gasteiger partial charge in [-0.1, -0.05) is 23.9 Å². The molecule has 2 aromatic heterocycles. The number of pyridine rings is 1. The number of phenols is 1. The first-order chi connectivity index (χ1) is 28.1. The molecule has 3 atom stereocenters. The number of hydrogen-bond donors (Lipinski definition) is 4. The smallest absolute Gasteiger partial charge is 0.549 e. The fourth-order valence-corrected chi connectivity index (χ4v) is 7.66. The number of fused-ring (bicyclic) bond motifs is 2. The van der Waals surface area contributed by atoms with Gasteiger partial charge < -0.3 is 59.6 Å². The Bertz CT molecular complexity index is 2430. The number of carbonyl (C=O) groups is 5. The largest absolute Gasteiger partial charge is 1.00 e. The zero-order valence-corrected chi connectivity index (χ0v) is 38.4. The third-order valence-electron chi connectivity index (χ3n) is 9.79. The number of amides is 2. The molecule has 25 heteroatoms. The van der Waals surface area contributed by atoms with Gasteiger partial charge in [-0.25, -0.2) is 13.9 Å². The normalized spacial score (nSPS) is 18.7. The number of ether oxygens (including phenoxy) is 2. The molecular formula is C36H36FN9Na2O12S. The van der Waals surface area contributed by atoms with Crippen molar-refractivity contribution in [3.8, 4) is 5.75 Å². The van der Waals surface area contributed by atoms with Gasteiger partial charge in [0.25, 0.3) is 11.6 Å². The van der Waals surface area contributed by atoms with E-state index in [1.54, 1.807) is 17.7 Å². The van der Waals surface area contributed by atoms with E-state index < -0.39 is 64.5 Å². The number of halogens is 1. The second-order valence-electron chi connectivity index (χ2n) is 13.2. The van der Waals surface area contributed by atoms with Crippen molar-refractivity contribution in [2.24, 2.45) is 7.05 Å². The summed E-state index contributed by atoms with van der Waals surface area (Å²) < 4.78 is 28.4. The summed E-state index contributed by atoms with van der Waals surface area (Å²) in [5.74, 6) is -9.38. The van der Waals surface area contributed by atoms with Gasteiger partial charge in [0, 0.05) is 64.2 Å². The fourth-order valence-electron chi connectivity index (χ4n) is 6.82. The van der Waals surface area contributed by atoms with Crippen molar-refractivity contribution < 1.29 is 117 Å². The van der Waals surface area contributed by atoms with Crippen LogP contribution >= 0.6 is 11.8 Å². The monoisotopic (exact) mass is 883 g/mol. The van der Waals surface area contributed by atoms with Gasteiger partial charge in [0.2, 0.25) is 16.5 Å². The van der Waals surface area contributed by atoms with Crippen LogP contribution in [0.4, 0.5) is 10.1 Å². The summed E-state index contributed by atoms with van der Waals surface area (Å²) in [7, 11) is 2.67. The van der Waals surface area contributed by atoms with Gasteiger partial charge >= 0.3 is 65.1 Å². The maximum absolute atomic E-state index is 14.5. The molecule has 2 aromatic carbocycles. The molecule has 2 amide bonds. The molecule has 7 rings (SSSR count). The quantitative estimate of drug-likeness (QED) is 0.0338. The van der Waals surface area contributed by atoms with Gasteiger partial charge in [0.1, 0.15) is 23.0 Å². The van der Waals surface area contributed by atoms with E-state index in [0.717, 1.165) is 42.9 Å². The molecule has 2 fully saturated rings. The first-order valence-corrected chi connectivity index (χ1v) is 18.8. The summed E-state index contributed by atoms with van der Waals surface area (Å²) in [6.45, 7) is 5.00. The van der Waals surface area contributed by atoms with E-state index in [9.17, 15) is 48.5 Å². The number of anilines is 1. The number of nitrogens with one attached hydrogen (secondary N) is 2. The van der Waals surface area contributed by atoms with Crippen molar-refractivity contribution >= 4 is 58.1 Å². The summed E-state index contributed by atoms with van der Waals surface area (Å²) in [5.41, 5.74) is -2.49. The molecule has 3 aliphatic rings. The van der Waals surface area contributed by atoms with Gasteiger partial charge in [-0.15, -0.1) is 5.10 Å². The molecule has 21 nitrogen and oxygen atoms in total. The molecule has 4 aromatic rings. The molecule has 0 bridgehead atoms. The number of methoxy groups -OCH3 is 1. The molecular weight excluding hydrogens is 847 g/mol. The maximum atomic E-state index is 14.5. The van der Waals surface area contributed by atoms with Crippen molar-refractivity contribution in [1.29, 1.82) is 0 Å². The van der Waals surface area contributed by atoms with E-state index in [0.29, 0.717) is 36.0 Å². The molecule has 312 valence electrons. The number of aromatic nitrogens is 5. The Morgan fingerprint density at radius 2 is 1.80 bits per heavy atom. The predicted molar refractivity (Wildman–Crippen MR) is 198 cm³/mol. The van der Waals surface area contributed by atoms with Crippen molar-refractivity contribution in [2.45, 2.75) is 36.5 Å². The van der Waals surface area contributed by atoms with Crippen molar-refractivity contribution in [1.82, 2.24) is 40.3 Å². The Kier molecular flexibility index (Phi) is 16.6. The SMILES string of the molecule is CCn1cc(C(=O)O)c(=O)c2cc(F)c(N3CCNCC3)cc21.CO[C@@]1(NC(=O)C(C(=O)[O-])c2ccc(O)cc2)C(=O)N2C(C(=O)[O-])=C(CSc3nnnn3C)CO[C@@H]21.[Na+].[Na+]. The van der Waals surface area contributed by atoms with E-state index in [2.05, 4.69) is 26.2 Å². The van der Waals surface area contributed by atoms with Crippen LogP contribution in [-0.4, -0.2) is 127 Å². The number of aromatic hydroxyl groups is 1. The van der Waals surface area contributed by atoms with Gasteiger partial charge in [-0.05, 0) is 52.8 Å². The van der Waals surface area contributed by atoms with Crippen LogP contribution in [0.5, 0.6) is 5.75 Å². The zero-order chi connectivity index (χ0) is 42.8. The first kappa shape index (κ1) is 49.2. The number of piperazine rings is 1. The molecule has 2 saturated heterocycles. The average molecular weight is 884 g/mol. The number of phenolic OH excluding ortho intramolecular Hbond substituents is 1. The number of aliphatic carboxylic acids is 2. The third kappa shape index (κ3) is 9.80. The van der Waals surface area contributed by atoms with E-state index in [1.807, 2.05) is 11.8 Å². The molecule has 5 heterocycles. The molecule has 4 N–H and O–H groups in total. The number of nitrogens with zero attached hydrogens (tertiary/aromatic N) is 7. The van der Waals surface area contributed by atoms with Gasteiger partial charge in [-0.3, -0.25) is 19.3 Å². The van der Waals surface area contributed by atoms with Crippen molar-refractivity contribution in [2.75, 3.05) is 50.5 Å². The summed E-state index contributed by atoms with van der Waals surface area (Å²) in [4.78, 5) is 76.0. The number of thioether (sulfide) groups is 1. The van der Waals surface area contributed by atoms with Gasteiger partial charge in [-0.2, -0.15) is 0 Å². The standard InChI is InChI=1S/C20H20N6O9S.C16H18FN3O3.2Na/c1-25-19(22-23-24-25)36-8-10-7-35-18-20(34-2,17(33)26(18)13(10)16(31)32)21-14(28)12(15(29)30)9-3-5-11(27)6-4-9;1-2-19-9-11(16(22)23)15(21)10-7-12(17)14(8-13(10)19)20-5-3-18-4-6-20;;/h3-6,12,18,27H,7-8H2,1-2H3,(H,21,28)(H,29,30)(H,31,32);7-9,18H,2-6H2,1H3,(H,22,23);;/q;;2*+1/p-2/t12?,18-,20+;;;/m1.../s1. The van der Waals surface area contributed by atoms with Crippen LogP contribution in [0.2, 0.25) is 0 Å². The van der Waals surface area contributed by atoms with Crippen LogP contribution in [0.3, 0.4) is 0 Å². The van der Waals surface area contributed by atoms with E-state index in [-0.39, 0.29) is 99.3 Å². The number of hydrogen-bond acceptors (Lipinski definition) is 17. The molecule has 3 aliphatic heterocycles. The van der Waals surface area contributed by atoms with E-state index in [4.69, 9.17) is 14.6 Å².